The van der Waals surface area contributed by atoms with Crippen LogP contribution in [0.3, 0.4) is 0 Å². The number of rotatable bonds is 3. The first-order valence-corrected chi connectivity index (χ1v) is 16.5. The van der Waals surface area contributed by atoms with Gasteiger partial charge in [-0.2, -0.15) is 0 Å². The number of benzene rings is 6. The zero-order chi connectivity index (χ0) is 31.0. The Labute approximate surface area is 275 Å². The van der Waals surface area contributed by atoms with Gasteiger partial charge in [-0.25, -0.2) is 0 Å². The molecule has 2 aliphatic carbocycles. The Morgan fingerprint density at radius 2 is 1.32 bits per heavy atom. The third kappa shape index (κ3) is 3.68. The molecule has 224 valence electrons. The third-order valence-electron chi connectivity index (χ3n) is 10.4. The molecule has 3 heteroatoms. The molecule has 1 spiro atoms. The van der Waals surface area contributed by atoms with E-state index in [0.717, 1.165) is 46.8 Å². The van der Waals surface area contributed by atoms with Crippen molar-refractivity contribution in [1.29, 1.82) is 0 Å². The summed E-state index contributed by atoms with van der Waals surface area (Å²) < 4.78 is 6.98. The van der Waals surface area contributed by atoms with Gasteiger partial charge in [0.1, 0.15) is 17.7 Å². The smallest absolute Gasteiger partial charge is 0.140 e. The second-order valence-electron chi connectivity index (χ2n) is 12.8. The minimum Gasteiger partial charge on any atom is -0.456 e. The molecule has 3 nitrogen and oxygen atoms in total. The van der Waals surface area contributed by atoms with Crippen LogP contribution in [0.15, 0.2) is 163 Å². The van der Waals surface area contributed by atoms with Crippen LogP contribution in [0.4, 0.5) is 17.1 Å². The van der Waals surface area contributed by atoms with Crippen LogP contribution < -0.4 is 15.0 Å². The predicted octanol–water partition coefficient (Wildman–Crippen LogP) is 11.0. The molecule has 0 bridgehead atoms. The van der Waals surface area contributed by atoms with E-state index in [9.17, 15) is 0 Å². The molecule has 6 aromatic carbocycles. The normalized spacial score (nSPS) is 17.5. The van der Waals surface area contributed by atoms with E-state index < -0.39 is 5.41 Å². The minimum absolute atomic E-state index is 0.0650. The molecule has 0 radical (unpaired) electrons. The molecule has 1 N–H and O–H groups in total. The van der Waals surface area contributed by atoms with Gasteiger partial charge in [0.25, 0.3) is 0 Å². The summed E-state index contributed by atoms with van der Waals surface area (Å²) in [5.41, 5.74) is 14.2. The first kappa shape index (κ1) is 26.4. The average Bonchev–Trinajstić information content (AvgIpc) is 3.67. The molecule has 6 aromatic rings. The largest absolute Gasteiger partial charge is 0.456 e. The molecule has 0 aromatic heterocycles. The van der Waals surface area contributed by atoms with E-state index in [1.165, 1.54) is 44.6 Å². The van der Waals surface area contributed by atoms with Crippen molar-refractivity contribution in [1.82, 2.24) is 0 Å². The fourth-order valence-corrected chi connectivity index (χ4v) is 8.48. The molecule has 2 heterocycles. The van der Waals surface area contributed by atoms with Crippen LogP contribution in [0.5, 0.6) is 11.5 Å². The SMILES string of the molecule is C1=CCCC(C2Nc3ccccc3N2c2cccc(-c3cccc4c3Oc3ccccc3C43c4ccccc4-c4ccccc43)c2)=C1. The van der Waals surface area contributed by atoms with Crippen LogP contribution in [-0.4, -0.2) is 6.17 Å². The summed E-state index contributed by atoms with van der Waals surface area (Å²) in [6.45, 7) is 0. The Balaban J connectivity index is 1.18. The highest BCUT2D eigenvalue weighted by Crippen LogP contribution is 2.63. The lowest BCUT2D eigenvalue weighted by Crippen LogP contribution is -2.34. The molecule has 1 atom stereocenters. The third-order valence-corrected chi connectivity index (χ3v) is 10.4. The second-order valence-corrected chi connectivity index (χ2v) is 12.8. The Morgan fingerprint density at radius 3 is 2.13 bits per heavy atom. The molecule has 10 rings (SSSR count). The molecule has 0 saturated carbocycles. The number of hydrogen-bond donors (Lipinski definition) is 1. The van der Waals surface area contributed by atoms with Crippen molar-refractivity contribution in [3.8, 4) is 33.8 Å². The molecule has 0 saturated heterocycles. The Bertz CT molecular complexity index is 2250. The lowest BCUT2D eigenvalue weighted by molar-refractivity contribution is 0.438. The maximum atomic E-state index is 6.98. The number of allylic oxidation sites excluding steroid dienone is 3. The molecular weight excluding hydrogens is 572 g/mol. The number of hydrogen-bond acceptors (Lipinski definition) is 3. The van der Waals surface area contributed by atoms with E-state index in [2.05, 4.69) is 168 Å². The number of ether oxygens (including phenoxy) is 1. The van der Waals surface area contributed by atoms with E-state index in [1.807, 2.05) is 0 Å². The van der Waals surface area contributed by atoms with Gasteiger partial charge < -0.3 is 15.0 Å². The average molecular weight is 605 g/mol. The predicted molar refractivity (Wildman–Crippen MR) is 192 cm³/mol. The van der Waals surface area contributed by atoms with Gasteiger partial charge in [0.2, 0.25) is 0 Å². The summed E-state index contributed by atoms with van der Waals surface area (Å²) in [4.78, 5) is 2.46. The molecule has 4 aliphatic rings. The van der Waals surface area contributed by atoms with Crippen molar-refractivity contribution in [2.45, 2.75) is 24.4 Å². The van der Waals surface area contributed by atoms with Gasteiger partial charge in [0, 0.05) is 22.4 Å². The molecule has 0 amide bonds. The lowest BCUT2D eigenvalue weighted by atomic mass is 9.65. The van der Waals surface area contributed by atoms with Crippen LogP contribution in [0, 0.1) is 0 Å². The summed E-state index contributed by atoms with van der Waals surface area (Å²) in [7, 11) is 0. The first-order valence-electron chi connectivity index (χ1n) is 16.5. The topological polar surface area (TPSA) is 24.5 Å². The van der Waals surface area contributed by atoms with Crippen LogP contribution in [-0.2, 0) is 5.41 Å². The Hall–Kier alpha value is -5.80. The molecule has 47 heavy (non-hydrogen) atoms. The molecular formula is C44H32N2O. The first-order chi connectivity index (χ1) is 23.3. The van der Waals surface area contributed by atoms with Gasteiger partial charge in [-0.3, -0.25) is 0 Å². The van der Waals surface area contributed by atoms with Gasteiger partial charge in [0.05, 0.1) is 16.8 Å². The van der Waals surface area contributed by atoms with Crippen molar-refractivity contribution >= 4 is 17.1 Å². The minimum atomic E-state index is -0.477. The van der Waals surface area contributed by atoms with Gasteiger partial charge in [-0.1, -0.05) is 127 Å². The Morgan fingerprint density at radius 1 is 0.638 bits per heavy atom. The quantitative estimate of drug-likeness (QED) is 0.217. The van der Waals surface area contributed by atoms with Crippen molar-refractivity contribution in [2.24, 2.45) is 0 Å². The maximum Gasteiger partial charge on any atom is 0.140 e. The zero-order valence-corrected chi connectivity index (χ0v) is 25.9. The Kier molecular flexibility index (Phi) is 5.68. The number of fused-ring (bicyclic) bond motifs is 10. The van der Waals surface area contributed by atoms with Gasteiger partial charge in [-0.05, 0) is 76.6 Å². The van der Waals surface area contributed by atoms with Crippen molar-refractivity contribution < 1.29 is 4.74 Å². The maximum absolute atomic E-state index is 6.98. The summed E-state index contributed by atoms with van der Waals surface area (Å²) in [5.74, 6) is 1.83. The number of nitrogens with one attached hydrogen (secondary N) is 1. The van der Waals surface area contributed by atoms with Gasteiger partial charge in [0.15, 0.2) is 0 Å². The van der Waals surface area contributed by atoms with Crippen molar-refractivity contribution in [2.75, 3.05) is 10.2 Å². The standard InChI is InChI=1S/C44H32N2O/c1-2-14-29(15-3-1)43-45-39-25-9-10-26-40(39)46(43)31-17-12-16-30(28-31)32-20-13-24-38-42(32)47-41-27-11-8-23-37(41)44(38)35-21-6-4-18-33(35)34-19-5-7-22-36(34)44/h1-2,4-14,16-28,43,45H,3,15H2. The van der Waals surface area contributed by atoms with Crippen molar-refractivity contribution in [3.05, 3.63) is 186 Å². The number of nitrogens with zero attached hydrogens (tertiary/aromatic N) is 1. The van der Waals surface area contributed by atoms with E-state index in [0.29, 0.717) is 0 Å². The van der Waals surface area contributed by atoms with E-state index >= 15 is 0 Å². The van der Waals surface area contributed by atoms with E-state index in [1.54, 1.807) is 0 Å². The molecule has 1 unspecified atom stereocenters. The van der Waals surface area contributed by atoms with Crippen molar-refractivity contribution in [3.63, 3.8) is 0 Å². The van der Waals surface area contributed by atoms with E-state index in [4.69, 9.17) is 4.74 Å². The molecule has 0 fully saturated rings. The summed E-state index contributed by atoms with van der Waals surface area (Å²) >= 11 is 0. The van der Waals surface area contributed by atoms with Crippen LogP contribution in [0.25, 0.3) is 22.3 Å². The highest BCUT2D eigenvalue weighted by atomic mass is 16.5. The fraction of sp³-hybridized carbons (Fsp3) is 0.0909. The van der Waals surface area contributed by atoms with E-state index in [-0.39, 0.29) is 6.17 Å². The van der Waals surface area contributed by atoms with Gasteiger partial charge >= 0.3 is 0 Å². The van der Waals surface area contributed by atoms with Crippen LogP contribution >= 0.6 is 0 Å². The van der Waals surface area contributed by atoms with Gasteiger partial charge in [-0.15, -0.1) is 0 Å². The lowest BCUT2D eigenvalue weighted by Gasteiger charge is -2.40. The van der Waals surface area contributed by atoms with Crippen LogP contribution in [0.2, 0.25) is 0 Å². The highest BCUT2D eigenvalue weighted by molar-refractivity contribution is 5.91. The number of anilines is 3. The monoisotopic (exact) mass is 604 g/mol. The summed E-state index contributed by atoms with van der Waals surface area (Å²) in [6.07, 6.45) is 8.90. The zero-order valence-electron chi connectivity index (χ0n) is 25.9. The number of para-hydroxylation sites is 4. The van der Waals surface area contributed by atoms with Crippen LogP contribution in [0.1, 0.15) is 35.1 Å². The summed E-state index contributed by atoms with van der Waals surface area (Å²) in [5, 5.41) is 3.82. The summed E-state index contributed by atoms with van der Waals surface area (Å²) in [6, 6.07) is 50.7. The fourth-order valence-electron chi connectivity index (χ4n) is 8.48. The molecule has 2 aliphatic heterocycles. The second kappa shape index (κ2) is 10.1. The highest BCUT2D eigenvalue weighted by Gasteiger charge is 2.51.